The molecule has 0 amide bonds. The Kier molecular flexibility index (Phi) is 3.16. The number of aliphatic hydroxyl groups is 1. The third-order valence-electron chi connectivity index (χ3n) is 4.96. The second kappa shape index (κ2) is 4.67. The van der Waals surface area contributed by atoms with Crippen LogP contribution in [0.4, 0.5) is 0 Å². The number of aryl methyl sites for hydroxylation is 1. The molecular weight excluding hydrogens is 222 g/mol. The van der Waals surface area contributed by atoms with Crippen molar-refractivity contribution in [2.75, 3.05) is 6.54 Å². The van der Waals surface area contributed by atoms with Crippen LogP contribution in [0.1, 0.15) is 49.3 Å². The lowest BCUT2D eigenvalue weighted by Crippen LogP contribution is -2.91. The Hall–Kier alpha value is -0.860. The zero-order valence-corrected chi connectivity index (χ0v) is 11.2. The Morgan fingerprint density at radius 1 is 1.17 bits per heavy atom. The Morgan fingerprint density at radius 3 is 2.72 bits per heavy atom. The molecule has 3 N–H and O–H groups in total. The highest BCUT2D eigenvalue weighted by Crippen LogP contribution is 2.43. The zero-order chi connectivity index (χ0) is 12.6. The lowest BCUT2D eigenvalue weighted by Gasteiger charge is -2.46. The Morgan fingerprint density at radius 2 is 1.94 bits per heavy atom. The summed E-state index contributed by atoms with van der Waals surface area (Å²) in [7, 11) is 0. The third-order valence-corrected chi connectivity index (χ3v) is 4.96. The molecule has 1 aliphatic carbocycles. The summed E-state index contributed by atoms with van der Waals surface area (Å²) in [6, 6.07) is 9.34. The first-order valence-corrected chi connectivity index (χ1v) is 7.31. The summed E-state index contributed by atoms with van der Waals surface area (Å²) in [5, 5.41) is 13.3. The Labute approximate surface area is 109 Å². The van der Waals surface area contributed by atoms with E-state index < -0.39 is 0 Å². The molecule has 1 saturated heterocycles. The first-order chi connectivity index (χ1) is 8.69. The second-order valence-electron chi connectivity index (χ2n) is 6.17. The summed E-state index contributed by atoms with van der Waals surface area (Å²) in [5.74, 6) is 0.447. The molecule has 18 heavy (non-hydrogen) atoms. The fourth-order valence-electron chi connectivity index (χ4n) is 3.91. The predicted molar refractivity (Wildman–Crippen MR) is 72.2 cm³/mol. The van der Waals surface area contributed by atoms with Crippen LogP contribution in [0, 0.1) is 12.8 Å². The first kappa shape index (κ1) is 12.2. The molecule has 0 aromatic heterocycles. The third kappa shape index (κ3) is 2.08. The summed E-state index contributed by atoms with van der Waals surface area (Å²) < 4.78 is 0. The van der Waals surface area contributed by atoms with E-state index in [0.29, 0.717) is 12.0 Å². The molecule has 1 aromatic rings. The van der Waals surface area contributed by atoms with Crippen LogP contribution < -0.4 is 5.32 Å². The molecule has 0 spiro atoms. The van der Waals surface area contributed by atoms with Crippen molar-refractivity contribution in [3.8, 4) is 0 Å². The van der Waals surface area contributed by atoms with Gasteiger partial charge in [0.25, 0.3) is 0 Å². The van der Waals surface area contributed by atoms with E-state index in [0.717, 1.165) is 19.4 Å². The molecule has 0 bridgehead atoms. The Bertz CT molecular complexity index is 410. The van der Waals surface area contributed by atoms with Crippen LogP contribution >= 0.6 is 0 Å². The van der Waals surface area contributed by atoms with Crippen molar-refractivity contribution >= 4 is 0 Å². The zero-order valence-electron chi connectivity index (χ0n) is 11.2. The monoisotopic (exact) mass is 246 g/mol. The molecule has 98 valence electrons. The van der Waals surface area contributed by atoms with Gasteiger partial charge in [-0.05, 0) is 19.8 Å². The van der Waals surface area contributed by atoms with E-state index in [1.165, 1.54) is 30.4 Å². The van der Waals surface area contributed by atoms with E-state index in [1.807, 2.05) is 0 Å². The van der Waals surface area contributed by atoms with Crippen LogP contribution in [-0.2, 0) is 0 Å². The molecule has 1 heterocycles. The normalized spacial score (nSPS) is 36.1. The van der Waals surface area contributed by atoms with Gasteiger partial charge in [0.1, 0.15) is 6.04 Å². The van der Waals surface area contributed by atoms with Crippen LogP contribution in [-0.4, -0.2) is 17.3 Å². The molecule has 3 rings (SSSR count). The highest BCUT2D eigenvalue weighted by Gasteiger charge is 2.48. The van der Waals surface area contributed by atoms with Gasteiger partial charge in [-0.15, -0.1) is 0 Å². The topological polar surface area (TPSA) is 36.8 Å². The van der Waals surface area contributed by atoms with E-state index in [4.69, 9.17) is 0 Å². The van der Waals surface area contributed by atoms with Gasteiger partial charge >= 0.3 is 0 Å². The van der Waals surface area contributed by atoms with Gasteiger partial charge in [-0.25, -0.2) is 0 Å². The molecule has 1 aliphatic heterocycles. The molecular formula is C16H24NO+. The number of benzene rings is 1. The van der Waals surface area contributed by atoms with Crippen molar-refractivity contribution in [2.24, 2.45) is 5.92 Å². The fraction of sp³-hybridized carbons (Fsp3) is 0.625. The molecule has 2 heteroatoms. The summed E-state index contributed by atoms with van der Waals surface area (Å²) in [6.07, 6.45) is 5.65. The highest BCUT2D eigenvalue weighted by molar-refractivity contribution is 5.24. The van der Waals surface area contributed by atoms with E-state index in [-0.39, 0.29) is 5.60 Å². The fourth-order valence-corrected chi connectivity index (χ4v) is 3.91. The summed E-state index contributed by atoms with van der Waals surface area (Å²) >= 11 is 0. The van der Waals surface area contributed by atoms with Gasteiger partial charge in [-0.2, -0.15) is 0 Å². The molecule has 0 radical (unpaired) electrons. The van der Waals surface area contributed by atoms with Crippen LogP contribution in [0.2, 0.25) is 0 Å². The van der Waals surface area contributed by atoms with E-state index in [9.17, 15) is 5.11 Å². The second-order valence-corrected chi connectivity index (χ2v) is 6.17. The van der Waals surface area contributed by atoms with Gasteiger partial charge in [0.2, 0.25) is 0 Å². The van der Waals surface area contributed by atoms with Crippen molar-refractivity contribution < 1.29 is 10.4 Å². The molecule has 2 aliphatic rings. The number of quaternary nitrogens is 1. The average molecular weight is 246 g/mol. The van der Waals surface area contributed by atoms with E-state index >= 15 is 0 Å². The van der Waals surface area contributed by atoms with Crippen molar-refractivity contribution in [3.05, 3.63) is 35.4 Å². The van der Waals surface area contributed by atoms with Crippen molar-refractivity contribution in [1.82, 2.24) is 0 Å². The molecule has 2 fully saturated rings. The maximum absolute atomic E-state index is 10.9. The van der Waals surface area contributed by atoms with Crippen molar-refractivity contribution in [2.45, 2.75) is 50.7 Å². The Balaban J connectivity index is 1.88. The summed E-state index contributed by atoms with van der Waals surface area (Å²) in [4.78, 5) is 0. The van der Waals surface area contributed by atoms with Gasteiger partial charge in [-0.3, -0.25) is 0 Å². The lowest BCUT2D eigenvalue weighted by molar-refractivity contribution is -0.719. The molecule has 1 saturated carbocycles. The number of nitrogens with two attached hydrogens (primary N) is 1. The number of rotatable bonds is 1. The standard InChI is InChI=1S/C16H23NO/c1-12-5-7-13(8-6-12)15-14-4-2-3-9-16(14,18)10-11-17-15/h5-8,14-15,17-18H,2-4,9-11H2,1H3/p+1/t14-,15+,16+/m0/s1. The number of fused-ring (bicyclic) bond motifs is 1. The highest BCUT2D eigenvalue weighted by atomic mass is 16.3. The minimum absolute atomic E-state index is 0.386. The maximum atomic E-state index is 10.9. The molecule has 1 aromatic carbocycles. The van der Waals surface area contributed by atoms with Crippen LogP contribution in [0.15, 0.2) is 24.3 Å². The van der Waals surface area contributed by atoms with Gasteiger partial charge in [0.05, 0.1) is 12.1 Å². The van der Waals surface area contributed by atoms with E-state index in [1.54, 1.807) is 0 Å². The van der Waals surface area contributed by atoms with Crippen LogP contribution in [0.5, 0.6) is 0 Å². The SMILES string of the molecule is Cc1ccc([C@H]2[NH2+]CC[C@]3(O)CCCC[C@@H]23)cc1. The number of piperidine rings is 1. The van der Waals surface area contributed by atoms with Gasteiger partial charge in [0.15, 0.2) is 0 Å². The molecule has 3 atom stereocenters. The predicted octanol–water partition coefficient (Wildman–Crippen LogP) is 1.92. The van der Waals surface area contributed by atoms with Crippen LogP contribution in [0.25, 0.3) is 0 Å². The maximum Gasteiger partial charge on any atom is 0.117 e. The van der Waals surface area contributed by atoms with Gasteiger partial charge < -0.3 is 10.4 Å². The molecule has 0 unspecified atom stereocenters. The smallest absolute Gasteiger partial charge is 0.117 e. The van der Waals surface area contributed by atoms with Crippen LogP contribution in [0.3, 0.4) is 0 Å². The summed E-state index contributed by atoms with van der Waals surface area (Å²) in [6.45, 7) is 3.19. The summed E-state index contributed by atoms with van der Waals surface area (Å²) in [5.41, 5.74) is 2.32. The number of hydrogen-bond acceptors (Lipinski definition) is 1. The van der Waals surface area contributed by atoms with E-state index in [2.05, 4.69) is 36.5 Å². The number of hydrogen-bond donors (Lipinski definition) is 2. The quantitative estimate of drug-likeness (QED) is 0.780. The average Bonchev–Trinajstić information content (AvgIpc) is 2.38. The lowest BCUT2D eigenvalue weighted by atomic mass is 9.67. The minimum Gasteiger partial charge on any atom is -0.389 e. The van der Waals surface area contributed by atoms with Crippen molar-refractivity contribution in [3.63, 3.8) is 0 Å². The van der Waals surface area contributed by atoms with Gasteiger partial charge in [0, 0.05) is 17.9 Å². The minimum atomic E-state index is -0.386. The van der Waals surface area contributed by atoms with Gasteiger partial charge in [-0.1, -0.05) is 42.7 Å². The largest absolute Gasteiger partial charge is 0.389 e. The van der Waals surface area contributed by atoms with Crippen molar-refractivity contribution in [1.29, 1.82) is 0 Å². The first-order valence-electron chi connectivity index (χ1n) is 7.31. The molecule has 2 nitrogen and oxygen atoms in total.